The Morgan fingerprint density at radius 1 is 1.39 bits per heavy atom. The third-order valence-corrected chi connectivity index (χ3v) is 2.59. The van der Waals surface area contributed by atoms with E-state index in [9.17, 15) is 9.59 Å². The lowest BCUT2D eigenvalue weighted by atomic mass is 10.1. The standard InChI is InChI=1S/C13H14N2O3/c1-2-18-13(17)11-8-14-15(12(11)16)9-10-6-4-3-5-7-10/h3-8,11H,2,9H2,1H3/t11-/m1/s1. The zero-order valence-corrected chi connectivity index (χ0v) is 10.1. The lowest BCUT2D eigenvalue weighted by molar-refractivity contribution is -0.151. The predicted octanol–water partition coefficient (Wildman–Crippen LogP) is 1.19. The molecule has 94 valence electrons. The fourth-order valence-corrected chi connectivity index (χ4v) is 1.70. The minimum Gasteiger partial charge on any atom is -0.465 e. The number of ether oxygens (including phenoxy) is 1. The minimum atomic E-state index is -0.895. The van der Waals surface area contributed by atoms with Gasteiger partial charge in [-0.25, -0.2) is 5.01 Å². The highest BCUT2D eigenvalue weighted by atomic mass is 16.5. The first-order valence-corrected chi connectivity index (χ1v) is 5.78. The molecule has 1 aliphatic heterocycles. The van der Waals surface area contributed by atoms with Gasteiger partial charge in [-0.1, -0.05) is 30.3 Å². The Morgan fingerprint density at radius 3 is 2.78 bits per heavy atom. The molecule has 18 heavy (non-hydrogen) atoms. The van der Waals surface area contributed by atoms with Crippen LogP contribution in [0.5, 0.6) is 0 Å². The summed E-state index contributed by atoms with van der Waals surface area (Å²) in [5.74, 6) is -1.77. The average molecular weight is 246 g/mol. The van der Waals surface area contributed by atoms with E-state index < -0.39 is 11.9 Å². The molecule has 2 rings (SSSR count). The second-order valence-corrected chi connectivity index (χ2v) is 3.88. The fourth-order valence-electron chi connectivity index (χ4n) is 1.70. The number of benzene rings is 1. The number of carbonyl (C=O) groups excluding carboxylic acids is 2. The third-order valence-electron chi connectivity index (χ3n) is 2.59. The number of rotatable bonds is 4. The number of carbonyl (C=O) groups is 2. The van der Waals surface area contributed by atoms with E-state index in [1.54, 1.807) is 6.92 Å². The second kappa shape index (κ2) is 5.44. The summed E-state index contributed by atoms with van der Waals surface area (Å²) >= 11 is 0. The van der Waals surface area contributed by atoms with Crippen LogP contribution in [0.15, 0.2) is 35.4 Å². The maximum absolute atomic E-state index is 11.9. The van der Waals surface area contributed by atoms with Gasteiger partial charge in [0, 0.05) is 6.21 Å². The molecule has 5 heteroatoms. The van der Waals surface area contributed by atoms with Gasteiger partial charge in [0.15, 0.2) is 5.92 Å². The highest BCUT2D eigenvalue weighted by Gasteiger charge is 2.35. The van der Waals surface area contributed by atoms with E-state index in [2.05, 4.69) is 5.10 Å². The predicted molar refractivity (Wildman–Crippen MR) is 65.6 cm³/mol. The van der Waals surface area contributed by atoms with Gasteiger partial charge in [0.2, 0.25) is 0 Å². The largest absolute Gasteiger partial charge is 0.465 e. The number of nitrogens with zero attached hydrogens (tertiary/aromatic N) is 2. The van der Waals surface area contributed by atoms with E-state index in [1.807, 2.05) is 30.3 Å². The van der Waals surface area contributed by atoms with Gasteiger partial charge in [-0.3, -0.25) is 9.59 Å². The van der Waals surface area contributed by atoms with Crippen molar-refractivity contribution in [3.8, 4) is 0 Å². The maximum atomic E-state index is 11.9. The first kappa shape index (κ1) is 12.3. The van der Waals surface area contributed by atoms with Crippen molar-refractivity contribution in [1.29, 1.82) is 0 Å². The van der Waals surface area contributed by atoms with Gasteiger partial charge in [-0.05, 0) is 12.5 Å². The Labute approximate surface area is 105 Å². The SMILES string of the molecule is CCOC(=O)[C@@H]1C=NN(Cc2ccccc2)C1=O. The van der Waals surface area contributed by atoms with Crippen LogP contribution in [0.1, 0.15) is 12.5 Å². The molecule has 1 atom stereocenters. The quantitative estimate of drug-likeness (QED) is 0.592. The van der Waals surface area contributed by atoms with Gasteiger partial charge in [0.25, 0.3) is 5.91 Å². The summed E-state index contributed by atoms with van der Waals surface area (Å²) in [4.78, 5) is 23.4. The van der Waals surface area contributed by atoms with Crippen molar-refractivity contribution in [3.63, 3.8) is 0 Å². The van der Waals surface area contributed by atoms with Crippen LogP contribution in [-0.4, -0.2) is 29.7 Å². The number of hydrazone groups is 1. The van der Waals surface area contributed by atoms with Crippen LogP contribution >= 0.6 is 0 Å². The molecule has 1 aliphatic rings. The molecule has 0 spiro atoms. The molecule has 1 amide bonds. The van der Waals surface area contributed by atoms with E-state index in [1.165, 1.54) is 11.2 Å². The first-order valence-electron chi connectivity index (χ1n) is 5.78. The van der Waals surface area contributed by atoms with Crippen molar-refractivity contribution in [1.82, 2.24) is 5.01 Å². The molecule has 1 heterocycles. The van der Waals surface area contributed by atoms with Crippen LogP contribution in [0.25, 0.3) is 0 Å². The molecule has 0 unspecified atom stereocenters. The monoisotopic (exact) mass is 246 g/mol. The summed E-state index contributed by atoms with van der Waals surface area (Å²) in [5.41, 5.74) is 0.965. The average Bonchev–Trinajstić information content (AvgIpc) is 2.73. The van der Waals surface area contributed by atoms with Crippen LogP contribution in [0, 0.1) is 5.92 Å². The van der Waals surface area contributed by atoms with E-state index >= 15 is 0 Å². The molecule has 0 N–H and O–H groups in total. The van der Waals surface area contributed by atoms with Gasteiger partial charge >= 0.3 is 5.97 Å². The molecule has 0 bridgehead atoms. The van der Waals surface area contributed by atoms with Crippen molar-refractivity contribution >= 4 is 18.1 Å². The summed E-state index contributed by atoms with van der Waals surface area (Å²) < 4.78 is 4.82. The summed E-state index contributed by atoms with van der Waals surface area (Å²) in [6.07, 6.45) is 1.34. The zero-order valence-electron chi connectivity index (χ0n) is 10.1. The fraction of sp³-hybridized carbons (Fsp3) is 0.308. The zero-order chi connectivity index (χ0) is 13.0. The van der Waals surface area contributed by atoms with Crippen LogP contribution in [0.3, 0.4) is 0 Å². The Balaban J connectivity index is 2.00. The number of esters is 1. The summed E-state index contributed by atoms with van der Waals surface area (Å²) in [5, 5.41) is 5.24. The first-order chi connectivity index (χ1) is 8.72. The second-order valence-electron chi connectivity index (χ2n) is 3.88. The highest BCUT2D eigenvalue weighted by Crippen LogP contribution is 2.15. The van der Waals surface area contributed by atoms with Crippen LogP contribution < -0.4 is 0 Å². The topological polar surface area (TPSA) is 59.0 Å². The Bertz CT molecular complexity index is 470. The van der Waals surface area contributed by atoms with Gasteiger partial charge < -0.3 is 4.74 Å². The molecule has 0 aromatic heterocycles. The summed E-state index contributed by atoms with van der Waals surface area (Å²) in [6.45, 7) is 2.33. The number of hydrogen-bond donors (Lipinski definition) is 0. The molecular formula is C13H14N2O3. The van der Waals surface area contributed by atoms with Crippen molar-refractivity contribution in [3.05, 3.63) is 35.9 Å². The lowest BCUT2D eigenvalue weighted by Crippen LogP contribution is -2.31. The third kappa shape index (κ3) is 2.56. The normalized spacial score (nSPS) is 18.2. The maximum Gasteiger partial charge on any atom is 0.324 e. The summed E-state index contributed by atoms with van der Waals surface area (Å²) in [7, 11) is 0. The molecular weight excluding hydrogens is 232 g/mol. The van der Waals surface area contributed by atoms with Crippen LogP contribution in [0.2, 0.25) is 0 Å². The van der Waals surface area contributed by atoms with Crippen molar-refractivity contribution in [2.75, 3.05) is 6.61 Å². The molecule has 0 radical (unpaired) electrons. The van der Waals surface area contributed by atoms with E-state index in [4.69, 9.17) is 4.74 Å². The van der Waals surface area contributed by atoms with Gasteiger partial charge in [0.1, 0.15) is 0 Å². The van der Waals surface area contributed by atoms with E-state index in [0.717, 1.165) is 5.56 Å². The van der Waals surface area contributed by atoms with Gasteiger partial charge in [0.05, 0.1) is 13.2 Å². The molecule has 0 saturated heterocycles. The molecule has 1 aromatic carbocycles. The molecule has 0 saturated carbocycles. The highest BCUT2D eigenvalue weighted by molar-refractivity contribution is 6.13. The number of amides is 1. The molecule has 0 aliphatic carbocycles. The summed E-state index contributed by atoms with van der Waals surface area (Å²) in [6, 6.07) is 9.49. The van der Waals surface area contributed by atoms with Crippen LogP contribution in [0.4, 0.5) is 0 Å². The van der Waals surface area contributed by atoms with Gasteiger partial charge in [-0.15, -0.1) is 0 Å². The smallest absolute Gasteiger partial charge is 0.324 e. The molecule has 1 aromatic rings. The number of hydrogen-bond acceptors (Lipinski definition) is 4. The van der Waals surface area contributed by atoms with E-state index in [0.29, 0.717) is 6.54 Å². The Morgan fingerprint density at radius 2 is 2.11 bits per heavy atom. The van der Waals surface area contributed by atoms with Crippen molar-refractivity contribution in [2.45, 2.75) is 13.5 Å². The Hall–Kier alpha value is -2.17. The minimum absolute atomic E-state index is 0.259. The molecule has 5 nitrogen and oxygen atoms in total. The Kier molecular flexibility index (Phi) is 3.72. The van der Waals surface area contributed by atoms with Crippen LogP contribution in [-0.2, 0) is 20.9 Å². The van der Waals surface area contributed by atoms with Crippen molar-refractivity contribution in [2.24, 2.45) is 11.0 Å². The van der Waals surface area contributed by atoms with E-state index in [-0.39, 0.29) is 12.5 Å². The lowest BCUT2D eigenvalue weighted by Gasteiger charge is -2.13. The van der Waals surface area contributed by atoms with Crippen molar-refractivity contribution < 1.29 is 14.3 Å². The molecule has 0 fully saturated rings. The van der Waals surface area contributed by atoms with Gasteiger partial charge in [-0.2, -0.15) is 5.10 Å².